The van der Waals surface area contributed by atoms with Crippen LogP contribution in [0, 0.1) is 5.92 Å². The van der Waals surface area contributed by atoms with E-state index in [2.05, 4.69) is 41.8 Å². The first-order chi connectivity index (χ1) is 18.3. The summed E-state index contributed by atoms with van der Waals surface area (Å²) in [5.41, 5.74) is 0.769. The number of amides is 2. The van der Waals surface area contributed by atoms with E-state index in [0.717, 1.165) is 35.8 Å². The van der Waals surface area contributed by atoms with E-state index in [1.54, 1.807) is 18.3 Å². The lowest BCUT2D eigenvalue weighted by atomic mass is 9.84. The molecular formula is C25H33BrN6O6. The number of carbonyl (C=O) groups excluding carboxylic acids is 2. The lowest BCUT2D eigenvalue weighted by Crippen LogP contribution is -2.37. The molecule has 206 valence electrons. The van der Waals surface area contributed by atoms with E-state index in [4.69, 9.17) is 14.6 Å². The first-order valence-electron chi connectivity index (χ1n) is 12.4. The van der Waals surface area contributed by atoms with Crippen molar-refractivity contribution in [1.29, 1.82) is 0 Å². The summed E-state index contributed by atoms with van der Waals surface area (Å²) in [7, 11) is 1.86. The van der Waals surface area contributed by atoms with Gasteiger partial charge in [0.05, 0.1) is 11.0 Å². The van der Waals surface area contributed by atoms with Crippen molar-refractivity contribution < 1.29 is 29.0 Å². The number of nitrogens with zero attached hydrogens (tertiary/aromatic N) is 3. The number of hydrogen-bond acceptors (Lipinski definition) is 9. The summed E-state index contributed by atoms with van der Waals surface area (Å²) in [5.74, 6) is 0.616. The molecule has 1 fully saturated rings. The van der Waals surface area contributed by atoms with E-state index in [-0.39, 0.29) is 31.6 Å². The second-order valence-electron chi connectivity index (χ2n) is 8.79. The molecular weight excluding hydrogens is 560 g/mol. The molecule has 4 N–H and O–H groups in total. The Morgan fingerprint density at radius 1 is 1.16 bits per heavy atom. The second kappa shape index (κ2) is 15.1. The molecule has 0 aliphatic heterocycles. The highest BCUT2D eigenvalue weighted by atomic mass is 79.9. The Morgan fingerprint density at radius 2 is 1.92 bits per heavy atom. The maximum Gasteiger partial charge on any atom is 0.329 e. The van der Waals surface area contributed by atoms with Gasteiger partial charge in [-0.2, -0.15) is 4.98 Å². The molecule has 3 rings (SSSR count). The van der Waals surface area contributed by atoms with E-state index in [0.29, 0.717) is 30.6 Å². The molecule has 2 aromatic rings. The van der Waals surface area contributed by atoms with Gasteiger partial charge in [-0.25, -0.2) is 9.78 Å². The summed E-state index contributed by atoms with van der Waals surface area (Å²) < 4.78 is 11.1. The third-order valence-electron chi connectivity index (χ3n) is 5.80. The lowest BCUT2D eigenvalue weighted by Gasteiger charge is -2.29. The zero-order chi connectivity index (χ0) is 27.3. The molecule has 1 aromatic heterocycles. The van der Waals surface area contributed by atoms with Crippen LogP contribution in [-0.4, -0.2) is 84.3 Å². The molecule has 0 unspecified atom stereocenters. The molecule has 12 nitrogen and oxygen atoms in total. The number of carboxylic acids is 1. The second-order valence-corrected chi connectivity index (χ2v) is 9.65. The minimum atomic E-state index is -1.13. The van der Waals surface area contributed by atoms with Gasteiger partial charge in [-0.05, 0) is 59.5 Å². The van der Waals surface area contributed by atoms with Crippen molar-refractivity contribution in [3.8, 4) is 5.75 Å². The lowest BCUT2D eigenvalue weighted by molar-refractivity contribution is -0.143. The van der Waals surface area contributed by atoms with Gasteiger partial charge >= 0.3 is 5.97 Å². The van der Waals surface area contributed by atoms with Gasteiger partial charge in [0, 0.05) is 37.9 Å². The third-order valence-corrected chi connectivity index (χ3v) is 6.38. The Kier molecular flexibility index (Phi) is 11.6. The highest BCUT2D eigenvalue weighted by Crippen LogP contribution is 2.28. The van der Waals surface area contributed by atoms with Crippen molar-refractivity contribution in [2.45, 2.75) is 25.7 Å². The normalized spacial score (nSPS) is 12.8. The van der Waals surface area contributed by atoms with E-state index in [1.165, 1.54) is 0 Å². The van der Waals surface area contributed by atoms with Crippen LogP contribution in [0.3, 0.4) is 0 Å². The summed E-state index contributed by atoms with van der Waals surface area (Å²) >= 11 is 3.47. The molecule has 1 aliphatic rings. The molecule has 0 bridgehead atoms. The molecule has 1 heterocycles. The van der Waals surface area contributed by atoms with Crippen molar-refractivity contribution in [2.24, 2.45) is 5.92 Å². The van der Waals surface area contributed by atoms with Crippen molar-refractivity contribution >= 4 is 51.2 Å². The predicted octanol–water partition coefficient (Wildman–Crippen LogP) is 2.64. The Morgan fingerprint density at radius 3 is 2.61 bits per heavy atom. The van der Waals surface area contributed by atoms with E-state index >= 15 is 0 Å². The van der Waals surface area contributed by atoms with Crippen molar-refractivity contribution in [3.63, 3.8) is 0 Å². The number of carboxylic acid groups (broad SMARTS) is 1. The quantitative estimate of drug-likeness (QED) is 0.214. The average Bonchev–Trinajstić information content (AvgIpc) is 2.85. The van der Waals surface area contributed by atoms with Crippen LogP contribution >= 0.6 is 15.9 Å². The van der Waals surface area contributed by atoms with Crippen LogP contribution in [0.25, 0.3) is 0 Å². The first kappa shape index (κ1) is 29.1. The number of aliphatic carboxylic acids is 1. The van der Waals surface area contributed by atoms with Crippen molar-refractivity contribution in [3.05, 3.63) is 34.9 Å². The summed E-state index contributed by atoms with van der Waals surface area (Å²) in [5, 5.41) is 17.5. The van der Waals surface area contributed by atoms with Gasteiger partial charge in [-0.1, -0.05) is 6.42 Å². The fourth-order valence-corrected chi connectivity index (χ4v) is 3.89. The Labute approximate surface area is 229 Å². The SMILES string of the molecule is CN(CCCNc1nc(Nc2ccc(OCCNC(=O)COCC(=O)O)cc2)ncc1Br)C(=O)C1CCC1. The summed E-state index contributed by atoms with van der Waals surface area (Å²) in [4.78, 5) is 44.8. The maximum atomic E-state index is 12.2. The Bertz CT molecular complexity index is 1080. The third kappa shape index (κ3) is 9.78. The van der Waals surface area contributed by atoms with Gasteiger partial charge in [0.2, 0.25) is 17.8 Å². The van der Waals surface area contributed by atoms with Gasteiger partial charge in [0.15, 0.2) is 0 Å². The van der Waals surface area contributed by atoms with Gasteiger partial charge in [-0.15, -0.1) is 0 Å². The Balaban J connectivity index is 1.37. The predicted molar refractivity (Wildman–Crippen MR) is 145 cm³/mol. The highest BCUT2D eigenvalue weighted by Gasteiger charge is 2.27. The number of benzene rings is 1. The number of anilines is 3. The first-order valence-corrected chi connectivity index (χ1v) is 13.2. The molecule has 0 spiro atoms. The fraction of sp³-hybridized carbons (Fsp3) is 0.480. The number of halogens is 1. The van der Waals surface area contributed by atoms with Crippen LogP contribution in [0.2, 0.25) is 0 Å². The fourth-order valence-electron chi connectivity index (χ4n) is 3.56. The molecule has 1 aliphatic carbocycles. The molecule has 0 atom stereocenters. The van der Waals surface area contributed by atoms with Gasteiger partial charge in [0.25, 0.3) is 0 Å². The zero-order valence-electron chi connectivity index (χ0n) is 21.2. The molecule has 2 amide bonds. The molecule has 0 saturated heterocycles. The smallest absolute Gasteiger partial charge is 0.329 e. The van der Waals surface area contributed by atoms with Crippen LogP contribution in [0.1, 0.15) is 25.7 Å². The molecule has 13 heteroatoms. The van der Waals surface area contributed by atoms with Crippen molar-refractivity contribution in [2.75, 3.05) is 57.1 Å². The van der Waals surface area contributed by atoms with Crippen LogP contribution in [-0.2, 0) is 19.1 Å². The van der Waals surface area contributed by atoms with Crippen molar-refractivity contribution in [1.82, 2.24) is 20.2 Å². The van der Waals surface area contributed by atoms with Crippen LogP contribution in [0.4, 0.5) is 17.5 Å². The van der Waals surface area contributed by atoms with Crippen LogP contribution in [0.15, 0.2) is 34.9 Å². The summed E-state index contributed by atoms with van der Waals surface area (Å²) in [6, 6.07) is 7.20. The van der Waals surface area contributed by atoms with E-state index in [1.807, 2.05) is 24.1 Å². The number of hydrogen-bond donors (Lipinski definition) is 4. The zero-order valence-corrected chi connectivity index (χ0v) is 22.8. The van der Waals surface area contributed by atoms with Gasteiger partial charge in [-0.3, -0.25) is 9.59 Å². The maximum absolute atomic E-state index is 12.2. The summed E-state index contributed by atoms with van der Waals surface area (Å²) in [6.45, 7) is 1.02. The molecule has 38 heavy (non-hydrogen) atoms. The number of nitrogens with one attached hydrogen (secondary N) is 3. The highest BCUT2D eigenvalue weighted by molar-refractivity contribution is 9.10. The van der Waals surface area contributed by atoms with Gasteiger partial charge < -0.3 is 35.4 Å². The topological polar surface area (TPSA) is 155 Å². The number of ether oxygens (including phenoxy) is 2. The average molecular weight is 593 g/mol. The van der Waals surface area contributed by atoms with Crippen LogP contribution in [0.5, 0.6) is 5.75 Å². The van der Waals surface area contributed by atoms with Crippen LogP contribution < -0.4 is 20.7 Å². The van der Waals surface area contributed by atoms with E-state index < -0.39 is 18.5 Å². The minimum Gasteiger partial charge on any atom is -0.492 e. The monoisotopic (exact) mass is 592 g/mol. The minimum absolute atomic E-state index is 0.213. The number of aromatic nitrogens is 2. The summed E-state index contributed by atoms with van der Waals surface area (Å²) in [6.07, 6.45) is 5.64. The molecule has 0 radical (unpaired) electrons. The number of carbonyl (C=O) groups is 3. The molecule has 1 aromatic carbocycles. The molecule has 1 saturated carbocycles. The largest absolute Gasteiger partial charge is 0.492 e. The van der Waals surface area contributed by atoms with E-state index in [9.17, 15) is 14.4 Å². The number of rotatable bonds is 16. The van der Waals surface area contributed by atoms with Gasteiger partial charge in [0.1, 0.15) is 31.4 Å². The Hall–Kier alpha value is -3.45. The standard InChI is InChI=1S/C25H33BrN6O6/c1-32(24(36)17-4-2-5-17)12-3-10-28-23-20(26)14-29-25(31-23)30-18-6-8-19(9-7-18)38-13-11-27-21(33)15-37-16-22(34)35/h6-9,14,17H,2-5,10-13,15-16H2,1H3,(H,27,33)(H,34,35)(H2,28,29,30,31).